The second-order valence-corrected chi connectivity index (χ2v) is 8.12. The molecule has 0 spiro atoms. The smallest absolute Gasteiger partial charge is 0.312 e. The van der Waals surface area contributed by atoms with Crippen LogP contribution in [0.4, 0.5) is 0 Å². The Kier molecular flexibility index (Phi) is 6.36. The van der Waals surface area contributed by atoms with Crippen LogP contribution in [-0.4, -0.2) is 19.8 Å². The number of hydrogen-bond donors (Lipinski definition) is 1. The van der Waals surface area contributed by atoms with Gasteiger partial charge in [0.25, 0.3) is 0 Å². The number of rotatable bonds is 7. The molecule has 0 aliphatic rings. The van der Waals surface area contributed by atoms with Crippen LogP contribution in [0.3, 0.4) is 0 Å². The minimum Gasteiger partial charge on any atom is -0.461 e. The molecule has 2 aromatic carbocycles. The lowest BCUT2D eigenvalue weighted by atomic mass is 9.99. The van der Waals surface area contributed by atoms with Gasteiger partial charge in [-0.05, 0) is 17.5 Å². The molecule has 2 aromatic rings. The second kappa shape index (κ2) is 8.28. The highest BCUT2D eigenvalue weighted by atomic mass is 35.7. The predicted molar refractivity (Wildman–Crippen MR) is 92.6 cm³/mol. The molecule has 0 amide bonds. The maximum atomic E-state index is 12.4. The second-order valence-electron chi connectivity index (χ2n) is 5.33. The molecule has 0 aliphatic carbocycles. The van der Waals surface area contributed by atoms with E-state index < -0.39 is 26.3 Å². The summed E-state index contributed by atoms with van der Waals surface area (Å²) in [6, 6.07) is 18.1. The van der Waals surface area contributed by atoms with Gasteiger partial charge in [-0.2, -0.15) is 0 Å². The standard InChI is InChI=1S/C17H18ClNO4S/c18-24(21,22)16(19)15(11-13-7-3-1-4-8-13)17(20)23-12-14-9-5-2-6-10-14/h1-10,15-16H,11-12,19H2. The molecule has 0 aromatic heterocycles. The predicted octanol–water partition coefficient (Wildman–Crippen LogP) is 2.44. The van der Waals surface area contributed by atoms with E-state index in [1.54, 1.807) is 36.4 Å². The summed E-state index contributed by atoms with van der Waals surface area (Å²) in [5, 5.41) is -1.54. The zero-order valence-corrected chi connectivity index (χ0v) is 14.4. The van der Waals surface area contributed by atoms with Crippen molar-refractivity contribution in [3.8, 4) is 0 Å². The zero-order valence-electron chi connectivity index (χ0n) is 12.8. The van der Waals surface area contributed by atoms with Gasteiger partial charge in [0.05, 0.1) is 5.92 Å². The van der Waals surface area contributed by atoms with E-state index in [-0.39, 0.29) is 13.0 Å². The fraction of sp³-hybridized carbons (Fsp3) is 0.235. The number of halogens is 1. The van der Waals surface area contributed by atoms with Crippen LogP contribution >= 0.6 is 10.7 Å². The number of hydrogen-bond acceptors (Lipinski definition) is 5. The molecule has 2 atom stereocenters. The van der Waals surface area contributed by atoms with Crippen LogP contribution in [0.25, 0.3) is 0 Å². The average Bonchev–Trinajstić information content (AvgIpc) is 2.58. The first kappa shape index (κ1) is 18.4. The molecule has 2 rings (SSSR count). The van der Waals surface area contributed by atoms with Crippen LogP contribution in [0.5, 0.6) is 0 Å². The van der Waals surface area contributed by atoms with Gasteiger partial charge in [0, 0.05) is 10.7 Å². The zero-order chi connectivity index (χ0) is 17.6. The van der Waals surface area contributed by atoms with Crippen molar-refractivity contribution >= 4 is 25.7 Å². The quantitative estimate of drug-likeness (QED) is 0.600. The van der Waals surface area contributed by atoms with Crippen molar-refractivity contribution in [2.24, 2.45) is 11.7 Å². The van der Waals surface area contributed by atoms with Crippen molar-refractivity contribution in [2.75, 3.05) is 0 Å². The molecule has 2 unspecified atom stereocenters. The van der Waals surface area contributed by atoms with E-state index in [9.17, 15) is 13.2 Å². The number of benzene rings is 2. The van der Waals surface area contributed by atoms with Gasteiger partial charge in [-0.1, -0.05) is 60.7 Å². The molecule has 24 heavy (non-hydrogen) atoms. The van der Waals surface area contributed by atoms with Gasteiger partial charge in [-0.15, -0.1) is 0 Å². The van der Waals surface area contributed by atoms with Crippen molar-refractivity contribution < 1.29 is 17.9 Å². The van der Waals surface area contributed by atoms with E-state index in [4.69, 9.17) is 21.2 Å². The van der Waals surface area contributed by atoms with Crippen molar-refractivity contribution in [1.29, 1.82) is 0 Å². The number of esters is 1. The van der Waals surface area contributed by atoms with Crippen molar-refractivity contribution in [2.45, 2.75) is 18.4 Å². The van der Waals surface area contributed by atoms with Crippen molar-refractivity contribution in [3.63, 3.8) is 0 Å². The maximum Gasteiger partial charge on any atom is 0.312 e. The highest BCUT2D eigenvalue weighted by molar-refractivity contribution is 8.14. The summed E-state index contributed by atoms with van der Waals surface area (Å²) in [4.78, 5) is 12.4. The molecule has 0 bridgehead atoms. The Morgan fingerprint density at radius 2 is 1.50 bits per heavy atom. The van der Waals surface area contributed by atoms with E-state index in [1.807, 2.05) is 24.3 Å². The Morgan fingerprint density at radius 3 is 2.00 bits per heavy atom. The normalized spacial score (nSPS) is 13.9. The molecular formula is C17H18ClNO4S. The topological polar surface area (TPSA) is 86.5 Å². The minimum atomic E-state index is -4.10. The summed E-state index contributed by atoms with van der Waals surface area (Å²) in [7, 11) is 1.24. The summed E-state index contributed by atoms with van der Waals surface area (Å²) in [5.74, 6) is -1.78. The van der Waals surface area contributed by atoms with Crippen molar-refractivity contribution in [3.05, 3.63) is 71.8 Å². The SMILES string of the molecule is NC(C(Cc1ccccc1)C(=O)OCc1ccccc1)S(=O)(=O)Cl. The fourth-order valence-corrected chi connectivity index (χ4v) is 3.21. The van der Waals surface area contributed by atoms with Gasteiger partial charge in [-0.25, -0.2) is 8.42 Å². The molecule has 0 fully saturated rings. The summed E-state index contributed by atoms with van der Waals surface area (Å²) in [5.41, 5.74) is 7.26. The minimum absolute atomic E-state index is 0.0417. The number of nitrogens with two attached hydrogens (primary N) is 1. The summed E-state index contributed by atoms with van der Waals surface area (Å²) < 4.78 is 28.4. The number of carbonyl (C=O) groups excluding carboxylic acids is 1. The molecule has 5 nitrogen and oxygen atoms in total. The van der Waals surface area contributed by atoms with E-state index in [1.165, 1.54) is 0 Å². The molecule has 0 aliphatic heterocycles. The first-order valence-electron chi connectivity index (χ1n) is 7.31. The van der Waals surface area contributed by atoms with Crippen LogP contribution in [0, 0.1) is 5.92 Å². The number of carbonyl (C=O) groups is 1. The lowest BCUT2D eigenvalue weighted by Crippen LogP contribution is -2.41. The molecule has 0 radical (unpaired) electrons. The van der Waals surface area contributed by atoms with E-state index in [0.29, 0.717) is 0 Å². The third-order valence-electron chi connectivity index (χ3n) is 3.55. The Morgan fingerprint density at radius 1 is 1.00 bits per heavy atom. The molecule has 0 saturated carbocycles. The van der Waals surface area contributed by atoms with Gasteiger partial charge in [0.1, 0.15) is 12.0 Å². The number of ether oxygens (including phenoxy) is 1. The fourth-order valence-electron chi connectivity index (χ4n) is 2.23. The van der Waals surface area contributed by atoms with E-state index in [2.05, 4.69) is 0 Å². The van der Waals surface area contributed by atoms with Crippen LogP contribution in [-0.2, 0) is 31.6 Å². The largest absolute Gasteiger partial charge is 0.461 e. The van der Waals surface area contributed by atoms with E-state index in [0.717, 1.165) is 11.1 Å². The molecule has 0 saturated heterocycles. The average molecular weight is 368 g/mol. The lowest BCUT2D eigenvalue weighted by Gasteiger charge is -2.20. The summed E-state index contributed by atoms with van der Waals surface area (Å²) in [6.07, 6.45) is 0.127. The Bertz CT molecular complexity index is 766. The van der Waals surface area contributed by atoms with Crippen LogP contribution in [0.2, 0.25) is 0 Å². The van der Waals surface area contributed by atoms with E-state index >= 15 is 0 Å². The molecular weight excluding hydrogens is 350 g/mol. The first-order valence-corrected chi connectivity index (χ1v) is 9.68. The Labute approximate surface area is 145 Å². The molecule has 0 heterocycles. The molecule has 2 N–H and O–H groups in total. The van der Waals surface area contributed by atoms with Gasteiger partial charge >= 0.3 is 5.97 Å². The Hall–Kier alpha value is -1.89. The van der Waals surface area contributed by atoms with Crippen LogP contribution in [0.15, 0.2) is 60.7 Å². The maximum absolute atomic E-state index is 12.4. The highest BCUT2D eigenvalue weighted by Crippen LogP contribution is 2.20. The first-order chi connectivity index (χ1) is 11.4. The third kappa shape index (κ3) is 5.33. The van der Waals surface area contributed by atoms with Crippen LogP contribution < -0.4 is 5.73 Å². The van der Waals surface area contributed by atoms with Gasteiger partial charge < -0.3 is 10.5 Å². The lowest BCUT2D eigenvalue weighted by molar-refractivity contribution is -0.149. The molecule has 7 heteroatoms. The van der Waals surface area contributed by atoms with Gasteiger partial charge in [0.15, 0.2) is 0 Å². The monoisotopic (exact) mass is 367 g/mol. The summed E-state index contributed by atoms with van der Waals surface area (Å²) in [6.45, 7) is 0.0417. The van der Waals surface area contributed by atoms with Gasteiger partial charge in [-0.3, -0.25) is 4.79 Å². The Balaban J connectivity index is 2.13. The van der Waals surface area contributed by atoms with Crippen LogP contribution in [0.1, 0.15) is 11.1 Å². The summed E-state index contributed by atoms with van der Waals surface area (Å²) >= 11 is 0. The molecule has 128 valence electrons. The highest BCUT2D eigenvalue weighted by Gasteiger charge is 2.35. The van der Waals surface area contributed by atoms with Gasteiger partial charge in [0.2, 0.25) is 9.05 Å². The third-order valence-corrected chi connectivity index (χ3v) is 5.14. The van der Waals surface area contributed by atoms with Crippen molar-refractivity contribution in [1.82, 2.24) is 0 Å².